The lowest BCUT2D eigenvalue weighted by atomic mass is 10.0. The molecule has 0 radical (unpaired) electrons. The molecular weight excluding hydrogens is 296 g/mol. The summed E-state index contributed by atoms with van der Waals surface area (Å²) >= 11 is 5.56. The van der Waals surface area contributed by atoms with Crippen LogP contribution in [0.4, 0.5) is 4.79 Å². The van der Waals surface area contributed by atoms with Gasteiger partial charge < -0.3 is 10.4 Å². The number of hydrogen-bond donors (Lipinski definition) is 2. The third kappa shape index (κ3) is 4.42. The first-order valence-electron chi connectivity index (χ1n) is 6.69. The van der Waals surface area contributed by atoms with E-state index in [0.717, 1.165) is 10.6 Å². The van der Waals surface area contributed by atoms with Crippen LogP contribution in [-0.2, 0) is 16.2 Å². The van der Waals surface area contributed by atoms with Gasteiger partial charge in [-0.2, -0.15) is 0 Å². The molecule has 2 N–H and O–H groups in total. The molecule has 1 aliphatic rings. The van der Waals surface area contributed by atoms with Crippen LogP contribution in [0.3, 0.4) is 0 Å². The summed E-state index contributed by atoms with van der Waals surface area (Å²) in [5.41, 5.74) is 0.924. The number of aliphatic carboxylic acids is 1. The lowest BCUT2D eigenvalue weighted by molar-refractivity contribution is -0.156. The molecular formula is C14H17ClN2O4. The number of carbonyl (C=O) groups excluding carboxylic acids is 1. The molecule has 1 amide bonds. The third-order valence-corrected chi connectivity index (χ3v) is 3.57. The quantitative estimate of drug-likeness (QED) is 0.494. The predicted molar refractivity (Wildman–Crippen MR) is 76.8 cm³/mol. The maximum absolute atomic E-state index is 11.5. The molecule has 0 saturated carbocycles. The number of hydrogen-bond acceptors (Lipinski definition) is 4. The number of piperidine rings is 1. The zero-order valence-electron chi connectivity index (χ0n) is 11.4. The molecule has 1 aromatic rings. The molecule has 0 bridgehead atoms. The summed E-state index contributed by atoms with van der Waals surface area (Å²) < 4.78 is 0. The van der Waals surface area contributed by atoms with Crippen LogP contribution in [0.1, 0.15) is 18.4 Å². The monoisotopic (exact) mass is 312 g/mol. The van der Waals surface area contributed by atoms with Gasteiger partial charge in [0.1, 0.15) is 12.6 Å². The Bertz CT molecular complexity index is 489. The lowest BCUT2D eigenvalue weighted by Gasteiger charge is -2.34. The van der Waals surface area contributed by atoms with Crippen LogP contribution < -0.4 is 5.32 Å². The summed E-state index contributed by atoms with van der Waals surface area (Å²) in [5, 5.41) is 12.2. The van der Waals surface area contributed by atoms with Crippen molar-refractivity contribution in [3.05, 3.63) is 35.9 Å². The third-order valence-electron chi connectivity index (χ3n) is 3.40. The highest BCUT2D eigenvalue weighted by Gasteiger charge is 2.31. The van der Waals surface area contributed by atoms with Gasteiger partial charge in [-0.15, -0.1) is 0 Å². The van der Waals surface area contributed by atoms with Crippen LogP contribution in [0, 0.1) is 0 Å². The van der Waals surface area contributed by atoms with Crippen LogP contribution in [0.5, 0.6) is 0 Å². The Balaban J connectivity index is 1.91. The number of nitrogens with one attached hydrogen (secondary N) is 1. The van der Waals surface area contributed by atoms with Gasteiger partial charge in [0.2, 0.25) is 0 Å². The average Bonchev–Trinajstić information content (AvgIpc) is 2.48. The minimum atomic E-state index is -0.887. The maximum Gasteiger partial charge on any atom is 0.340 e. The summed E-state index contributed by atoms with van der Waals surface area (Å²) in [5.74, 6) is -0.887. The number of carbonyl (C=O) groups is 2. The van der Waals surface area contributed by atoms with E-state index in [0.29, 0.717) is 19.4 Å². The van der Waals surface area contributed by atoms with Gasteiger partial charge in [0.05, 0.1) is 6.04 Å². The van der Waals surface area contributed by atoms with Crippen molar-refractivity contribution in [2.24, 2.45) is 0 Å². The number of rotatable bonds is 5. The van der Waals surface area contributed by atoms with Crippen LogP contribution in [-0.4, -0.2) is 40.1 Å². The number of hydroxylamine groups is 2. The van der Waals surface area contributed by atoms with Crippen molar-refractivity contribution in [2.75, 3.05) is 6.54 Å². The van der Waals surface area contributed by atoms with Crippen molar-refractivity contribution >= 4 is 22.9 Å². The van der Waals surface area contributed by atoms with E-state index in [1.54, 1.807) is 0 Å². The summed E-state index contributed by atoms with van der Waals surface area (Å²) in [6, 6.07) is 8.57. The van der Waals surface area contributed by atoms with E-state index in [2.05, 4.69) is 5.32 Å². The van der Waals surface area contributed by atoms with E-state index in [1.165, 1.54) is 0 Å². The smallest absolute Gasteiger partial charge is 0.340 e. The molecule has 0 aliphatic carbocycles. The second kappa shape index (κ2) is 7.40. The van der Waals surface area contributed by atoms with E-state index in [1.807, 2.05) is 30.3 Å². The van der Waals surface area contributed by atoms with Crippen LogP contribution in [0.2, 0.25) is 0 Å². The fourth-order valence-electron chi connectivity index (χ4n) is 2.27. The Labute approximate surface area is 127 Å². The van der Waals surface area contributed by atoms with Crippen molar-refractivity contribution < 1.29 is 19.5 Å². The zero-order chi connectivity index (χ0) is 15.2. The average molecular weight is 313 g/mol. The molecule has 114 valence electrons. The lowest BCUT2D eigenvalue weighted by Crippen LogP contribution is -2.52. The molecule has 0 aromatic heterocycles. The Kier molecular flexibility index (Phi) is 5.55. The first-order chi connectivity index (χ1) is 10.1. The van der Waals surface area contributed by atoms with E-state index < -0.39 is 17.4 Å². The normalized spacial score (nSPS) is 21.8. The largest absolute Gasteiger partial charge is 0.480 e. The molecule has 0 spiro atoms. The Morgan fingerprint density at radius 3 is 2.57 bits per heavy atom. The molecule has 1 aromatic carbocycles. The van der Waals surface area contributed by atoms with Gasteiger partial charge >= 0.3 is 11.3 Å². The second-order valence-corrected chi connectivity index (χ2v) is 5.19. The Morgan fingerprint density at radius 1 is 1.33 bits per heavy atom. The van der Waals surface area contributed by atoms with E-state index in [-0.39, 0.29) is 12.6 Å². The van der Waals surface area contributed by atoms with Crippen LogP contribution >= 0.6 is 11.6 Å². The van der Waals surface area contributed by atoms with Crippen LogP contribution in [0.25, 0.3) is 0 Å². The fraction of sp³-hybridized carbons (Fsp3) is 0.429. The molecule has 1 fully saturated rings. The first-order valence-corrected chi connectivity index (χ1v) is 7.07. The van der Waals surface area contributed by atoms with Gasteiger partial charge in [-0.25, -0.2) is 5.06 Å². The fourth-order valence-corrected chi connectivity index (χ4v) is 2.46. The van der Waals surface area contributed by atoms with Gasteiger partial charge in [-0.3, -0.25) is 14.4 Å². The van der Waals surface area contributed by atoms with Gasteiger partial charge in [0, 0.05) is 6.54 Å². The van der Waals surface area contributed by atoms with Crippen molar-refractivity contribution in [2.45, 2.75) is 31.5 Å². The highest BCUT2D eigenvalue weighted by atomic mass is 35.5. The number of nitrogens with zero attached hydrogens (tertiary/aromatic N) is 1. The summed E-state index contributed by atoms with van der Waals surface area (Å²) in [6.45, 7) is 0.572. The Morgan fingerprint density at radius 2 is 2.05 bits per heavy atom. The van der Waals surface area contributed by atoms with Crippen molar-refractivity contribution in [3.8, 4) is 0 Å². The molecule has 7 heteroatoms. The zero-order valence-corrected chi connectivity index (χ0v) is 12.1. The standard InChI is InChI=1S/C14H17ClN2O4/c15-14(20)17(21-9-10-4-2-1-3-5-10)11-6-7-12(13(18)19)16-8-11/h1-5,11-12,16H,6-9H2,(H,18,19)/t11-,12+/m1/s1. The topological polar surface area (TPSA) is 78.9 Å². The second-order valence-electron chi connectivity index (χ2n) is 4.87. The molecule has 21 heavy (non-hydrogen) atoms. The highest BCUT2D eigenvalue weighted by molar-refractivity contribution is 6.62. The first kappa shape index (κ1) is 15.8. The van der Waals surface area contributed by atoms with Crippen molar-refractivity contribution in [1.82, 2.24) is 10.4 Å². The highest BCUT2D eigenvalue weighted by Crippen LogP contribution is 2.18. The Hall–Kier alpha value is -1.63. The van der Waals surface area contributed by atoms with Gasteiger partial charge in [0.15, 0.2) is 0 Å². The molecule has 2 atom stereocenters. The minimum Gasteiger partial charge on any atom is -0.480 e. The summed E-state index contributed by atoms with van der Waals surface area (Å²) in [7, 11) is 0. The number of carboxylic acid groups (broad SMARTS) is 1. The SMILES string of the molecule is O=C(O)[C@@H]1CC[C@@H](N(OCc2ccccc2)C(=O)Cl)CN1. The van der Waals surface area contributed by atoms with E-state index >= 15 is 0 Å². The summed E-state index contributed by atoms with van der Waals surface area (Å²) in [6.07, 6.45) is 0.951. The molecule has 2 rings (SSSR count). The molecule has 6 nitrogen and oxygen atoms in total. The molecule has 1 heterocycles. The molecule has 1 saturated heterocycles. The van der Waals surface area contributed by atoms with Crippen LogP contribution in [0.15, 0.2) is 30.3 Å². The van der Waals surface area contributed by atoms with Crippen molar-refractivity contribution in [1.29, 1.82) is 0 Å². The van der Waals surface area contributed by atoms with Gasteiger partial charge in [0.25, 0.3) is 0 Å². The number of benzene rings is 1. The van der Waals surface area contributed by atoms with E-state index in [9.17, 15) is 9.59 Å². The number of carboxylic acids is 1. The minimum absolute atomic E-state index is 0.234. The van der Waals surface area contributed by atoms with Gasteiger partial charge in [-0.05, 0) is 30.0 Å². The van der Waals surface area contributed by atoms with Gasteiger partial charge in [-0.1, -0.05) is 30.3 Å². The number of halogens is 1. The summed E-state index contributed by atoms with van der Waals surface area (Å²) in [4.78, 5) is 27.9. The van der Waals surface area contributed by atoms with E-state index in [4.69, 9.17) is 21.5 Å². The maximum atomic E-state index is 11.5. The van der Waals surface area contributed by atoms with Crippen molar-refractivity contribution in [3.63, 3.8) is 0 Å². The molecule has 1 aliphatic heterocycles. The predicted octanol–water partition coefficient (Wildman–Crippen LogP) is 1.98. The number of amides is 1. The molecule has 0 unspecified atom stereocenters.